The highest BCUT2D eigenvalue weighted by molar-refractivity contribution is 5.23. The van der Waals surface area contributed by atoms with Crippen LogP contribution in [0.3, 0.4) is 0 Å². The number of ether oxygens (including phenoxy) is 1. The van der Waals surface area contributed by atoms with E-state index < -0.39 is 0 Å². The molecular weight excluding hydrogens is 198 g/mol. The molecule has 2 heteroatoms. The van der Waals surface area contributed by atoms with E-state index in [1.165, 1.54) is 11.1 Å². The number of hydrogen-bond acceptors (Lipinski definition) is 2. The van der Waals surface area contributed by atoms with Gasteiger partial charge in [0, 0.05) is 26.3 Å². The molecule has 0 bridgehead atoms. The average molecular weight is 221 g/mol. The van der Waals surface area contributed by atoms with Crippen LogP contribution in [0.5, 0.6) is 0 Å². The molecule has 0 aromatic heterocycles. The first-order chi connectivity index (χ1) is 7.63. The largest absolute Gasteiger partial charge is 0.384 e. The predicted molar refractivity (Wildman–Crippen MR) is 68.6 cm³/mol. The highest BCUT2D eigenvalue weighted by Crippen LogP contribution is 2.13. The van der Waals surface area contributed by atoms with Crippen LogP contribution in [0.4, 0.5) is 0 Å². The van der Waals surface area contributed by atoms with Crippen LogP contribution in [0.15, 0.2) is 24.3 Å². The summed E-state index contributed by atoms with van der Waals surface area (Å²) in [6, 6.07) is 9.10. The molecule has 0 amide bonds. The van der Waals surface area contributed by atoms with Crippen LogP contribution in [-0.4, -0.2) is 20.3 Å². The van der Waals surface area contributed by atoms with Gasteiger partial charge in [0.25, 0.3) is 0 Å². The monoisotopic (exact) mass is 221 g/mol. The molecule has 1 rings (SSSR count). The highest BCUT2D eigenvalue weighted by Gasteiger charge is 2.06. The molecule has 1 aromatic rings. The number of methoxy groups -OCH3 is 1. The predicted octanol–water partition coefficient (Wildman–Crippen LogP) is 2.93. The van der Waals surface area contributed by atoms with Crippen molar-refractivity contribution in [3.05, 3.63) is 35.4 Å². The van der Waals surface area contributed by atoms with E-state index in [1.54, 1.807) is 7.11 Å². The molecule has 0 saturated carbocycles. The lowest BCUT2D eigenvalue weighted by Crippen LogP contribution is -2.26. The van der Waals surface area contributed by atoms with E-state index in [0.29, 0.717) is 12.0 Å². The third-order valence-corrected chi connectivity index (χ3v) is 2.80. The van der Waals surface area contributed by atoms with Crippen molar-refractivity contribution in [2.75, 3.05) is 20.3 Å². The highest BCUT2D eigenvalue weighted by atomic mass is 16.5. The van der Waals surface area contributed by atoms with E-state index in [1.807, 2.05) is 0 Å². The number of rotatable bonds is 6. The fourth-order valence-electron chi connectivity index (χ4n) is 1.69. The Morgan fingerprint density at radius 2 is 1.81 bits per heavy atom. The van der Waals surface area contributed by atoms with Crippen molar-refractivity contribution in [3.8, 4) is 0 Å². The van der Waals surface area contributed by atoms with Crippen molar-refractivity contribution >= 4 is 0 Å². The van der Waals surface area contributed by atoms with Crippen molar-refractivity contribution in [3.63, 3.8) is 0 Å². The molecule has 0 aliphatic rings. The smallest absolute Gasteiger partial charge is 0.0499 e. The third-order valence-electron chi connectivity index (χ3n) is 2.80. The fraction of sp³-hybridized carbons (Fsp3) is 0.571. The Morgan fingerprint density at radius 3 is 2.38 bits per heavy atom. The summed E-state index contributed by atoms with van der Waals surface area (Å²) >= 11 is 0. The average Bonchev–Trinajstić information content (AvgIpc) is 2.27. The Balaban J connectivity index is 2.40. The van der Waals surface area contributed by atoms with E-state index >= 15 is 0 Å². The van der Waals surface area contributed by atoms with Crippen LogP contribution in [0, 0.1) is 12.8 Å². The second-order valence-electron chi connectivity index (χ2n) is 4.60. The Labute approximate surface area is 99.0 Å². The van der Waals surface area contributed by atoms with E-state index in [9.17, 15) is 0 Å². The zero-order valence-electron chi connectivity index (χ0n) is 10.8. The Hall–Kier alpha value is -0.860. The van der Waals surface area contributed by atoms with Gasteiger partial charge in [-0.05, 0) is 25.3 Å². The maximum atomic E-state index is 5.12. The van der Waals surface area contributed by atoms with Gasteiger partial charge in [0.1, 0.15) is 0 Å². The minimum atomic E-state index is 0.403. The van der Waals surface area contributed by atoms with Crippen LogP contribution >= 0.6 is 0 Å². The van der Waals surface area contributed by atoms with Crippen LogP contribution < -0.4 is 5.32 Å². The van der Waals surface area contributed by atoms with Gasteiger partial charge in [0.2, 0.25) is 0 Å². The van der Waals surface area contributed by atoms with E-state index in [2.05, 4.69) is 50.4 Å². The summed E-state index contributed by atoms with van der Waals surface area (Å²) < 4.78 is 5.12. The number of benzene rings is 1. The van der Waals surface area contributed by atoms with Crippen molar-refractivity contribution in [2.24, 2.45) is 5.92 Å². The third kappa shape index (κ3) is 4.33. The zero-order valence-corrected chi connectivity index (χ0v) is 10.8. The lowest BCUT2D eigenvalue weighted by atomic mass is 10.1. The van der Waals surface area contributed by atoms with Gasteiger partial charge in [-0.2, -0.15) is 0 Å². The summed E-state index contributed by atoms with van der Waals surface area (Å²) in [6.45, 7) is 8.31. The lowest BCUT2D eigenvalue weighted by molar-refractivity contribution is 0.157. The standard InChI is InChI=1S/C14H23NO/c1-11-5-7-14(8-6-11)13(3)15-9-12(2)10-16-4/h5-8,12-13,15H,9-10H2,1-4H3/t12?,13-/m1/s1. The molecule has 2 atom stereocenters. The van der Waals surface area contributed by atoms with Crippen LogP contribution in [0.2, 0.25) is 0 Å². The number of hydrogen-bond donors (Lipinski definition) is 1. The molecule has 2 nitrogen and oxygen atoms in total. The van der Waals surface area contributed by atoms with E-state index in [4.69, 9.17) is 4.74 Å². The Bertz CT molecular complexity index is 294. The first-order valence-corrected chi connectivity index (χ1v) is 5.92. The zero-order chi connectivity index (χ0) is 12.0. The summed E-state index contributed by atoms with van der Waals surface area (Å²) in [5.74, 6) is 0.554. The van der Waals surface area contributed by atoms with E-state index in [-0.39, 0.29) is 0 Å². The molecule has 0 fully saturated rings. The van der Waals surface area contributed by atoms with Crippen molar-refractivity contribution in [1.82, 2.24) is 5.32 Å². The maximum absolute atomic E-state index is 5.12. The van der Waals surface area contributed by atoms with E-state index in [0.717, 1.165) is 13.2 Å². The summed E-state index contributed by atoms with van der Waals surface area (Å²) in [5, 5.41) is 3.52. The summed E-state index contributed by atoms with van der Waals surface area (Å²) in [7, 11) is 1.75. The second-order valence-corrected chi connectivity index (χ2v) is 4.60. The summed E-state index contributed by atoms with van der Waals surface area (Å²) in [6.07, 6.45) is 0. The molecule has 1 unspecified atom stereocenters. The normalized spacial score (nSPS) is 14.8. The molecule has 0 heterocycles. The Morgan fingerprint density at radius 1 is 1.19 bits per heavy atom. The molecule has 1 N–H and O–H groups in total. The fourth-order valence-corrected chi connectivity index (χ4v) is 1.69. The molecular formula is C14H23NO. The van der Waals surface area contributed by atoms with Gasteiger partial charge in [-0.3, -0.25) is 0 Å². The molecule has 0 spiro atoms. The number of nitrogens with one attached hydrogen (secondary N) is 1. The molecule has 0 aliphatic carbocycles. The van der Waals surface area contributed by atoms with Gasteiger partial charge in [-0.25, -0.2) is 0 Å². The van der Waals surface area contributed by atoms with Gasteiger partial charge >= 0.3 is 0 Å². The molecule has 0 saturated heterocycles. The lowest BCUT2D eigenvalue weighted by Gasteiger charge is -2.17. The minimum absolute atomic E-state index is 0.403. The quantitative estimate of drug-likeness (QED) is 0.797. The molecule has 90 valence electrons. The van der Waals surface area contributed by atoms with Gasteiger partial charge in [0.15, 0.2) is 0 Å². The maximum Gasteiger partial charge on any atom is 0.0499 e. The van der Waals surface area contributed by atoms with Crippen LogP contribution in [0.25, 0.3) is 0 Å². The van der Waals surface area contributed by atoms with Gasteiger partial charge in [-0.15, -0.1) is 0 Å². The molecule has 1 aromatic carbocycles. The van der Waals surface area contributed by atoms with Gasteiger partial charge in [-0.1, -0.05) is 36.8 Å². The topological polar surface area (TPSA) is 21.3 Å². The SMILES string of the molecule is COCC(C)CN[C@H](C)c1ccc(C)cc1. The van der Waals surface area contributed by atoms with Crippen molar-refractivity contribution in [2.45, 2.75) is 26.8 Å². The second kappa shape index (κ2) is 6.66. The van der Waals surface area contributed by atoms with Crippen LogP contribution in [0.1, 0.15) is 31.0 Å². The molecule has 0 radical (unpaired) electrons. The van der Waals surface area contributed by atoms with Crippen molar-refractivity contribution < 1.29 is 4.74 Å². The number of aryl methyl sites for hydroxylation is 1. The summed E-state index contributed by atoms with van der Waals surface area (Å²) in [4.78, 5) is 0. The first kappa shape index (κ1) is 13.2. The van der Waals surface area contributed by atoms with Gasteiger partial charge < -0.3 is 10.1 Å². The molecule has 16 heavy (non-hydrogen) atoms. The minimum Gasteiger partial charge on any atom is -0.384 e. The van der Waals surface area contributed by atoms with Gasteiger partial charge in [0.05, 0.1) is 0 Å². The first-order valence-electron chi connectivity index (χ1n) is 5.92. The van der Waals surface area contributed by atoms with Crippen LogP contribution in [-0.2, 0) is 4.74 Å². The molecule has 0 aliphatic heterocycles. The summed E-state index contributed by atoms with van der Waals surface area (Å²) in [5.41, 5.74) is 2.65. The Kier molecular flexibility index (Phi) is 5.50. The van der Waals surface area contributed by atoms with Crippen molar-refractivity contribution in [1.29, 1.82) is 0 Å².